The molecule has 0 unspecified atom stereocenters. The van der Waals surface area contributed by atoms with Crippen molar-refractivity contribution in [1.29, 1.82) is 5.26 Å². The first-order valence-corrected chi connectivity index (χ1v) is 15.3. The average Bonchev–Trinajstić information content (AvgIpc) is 3.84. The van der Waals surface area contributed by atoms with Gasteiger partial charge in [-0.2, -0.15) is 5.26 Å². The summed E-state index contributed by atoms with van der Waals surface area (Å²) in [4.78, 5) is 23.1. The Morgan fingerprint density at radius 2 is 1.66 bits per heavy atom. The number of rotatable bonds is 7. The number of likely N-dealkylation sites (tertiary alicyclic amines) is 1. The van der Waals surface area contributed by atoms with Gasteiger partial charge in [-0.3, -0.25) is 14.5 Å². The minimum Gasteiger partial charge on any atom is -0.472 e. The number of nitriles is 1. The number of hydrogen-bond donors (Lipinski definition) is 0. The highest BCUT2D eigenvalue weighted by atomic mass is 16.5. The molecule has 2 aliphatic heterocycles. The summed E-state index contributed by atoms with van der Waals surface area (Å²) in [5, 5.41) is 9.29. The fourth-order valence-electron chi connectivity index (χ4n) is 6.64. The number of aromatic nitrogens is 5. The van der Waals surface area contributed by atoms with E-state index in [1.807, 2.05) is 24.4 Å². The van der Waals surface area contributed by atoms with Crippen LogP contribution in [0.3, 0.4) is 0 Å². The van der Waals surface area contributed by atoms with Crippen LogP contribution >= 0.6 is 0 Å². The van der Waals surface area contributed by atoms with Crippen molar-refractivity contribution in [2.75, 3.05) is 18.0 Å². The number of nitrogens with zero attached hydrogens (tertiary/aromatic N) is 8. The highest BCUT2D eigenvalue weighted by Gasteiger charge is 2.36. The van der Waals surface area contributed by atoms with Crippen LogP contribution in [0.1, 0.15) is 37.1 Å². The maximum atomic E-state index is 9.29. The van der Waals surface area contributed by atoms with Gasteiger partial charge in [0.25, 0.3) is 0 Å². The van der Waals surface area contributed by atoms with Crippen molar-refractivity contribution in [2.24, 2.45) is 0 Å². The smallest absolute Gasteiger partial charge is 0.234 e. The zero-order valence-electron chi connectivity index (χ0n) is 24.4. The monoisotopic (exact) mass is 580 g/mol. The standard InChI is InChI=1S/C35H32N8O/c36-20-31-38-17-13-32(39-31)43(27-10-11-27)28-14-18-41(19-15-28)22-24-6-8-25(9-7-24)33-34(26-4-2-1-3-5-26)42-23-44-30-12-16-37-21-29(30)35(42)40-33/h1-9,12-13,16-17,21,27-28H,10-11,14-15,18-19,22-23H2. The summed E-state index contributed by atoms with van der Waals surface area (Å²) in [6.07, 6.45) is 9.85. The lowest BCUT2D eigenvalue weighted by Gasteiger charge is -2.39. The lowest BCUT2D eigenvalue weighted by Crippen LogP contribution is -2.46. The third kappa shape index (κ3) is 4.97. The first-order valence-electron chi connectivity index (χ1n) is 15.3. The second-order valence-electron chi connectivity index (χ2n) is 11.8. The molecule has 3 aromatic heterocycles. The van der Waals surface area contributed by atoms with Gasteiger partial charge in [-0.1, -0.05) is 54.6 Å². The van der Waals surface area contributed by atoms with E-state index in [0.717, 1.165) is 77.9 Å². The van der Waals surface area contributed by atoms with E-state index >= 15 is 0 Å². The summed E-state index contributed by atoms with van der Waals surface area (Å²) in [6, 6.07) is 26.2. The molecule has 0 radical (unpaired) electrons. The van der Waals surface area contributed by atoms with E-state index in [0.29, 0.717) is 18.8 Å². The molecule has 1 aliphatic carbocycles. The average molecular weight is 581 g/mol. The molecule has 1 saturated carbocycles. The van der Waals surface area contributed by atoms with Crippen molar-refractivity contribution in [3.63, 3.8) is 0 Å². The van der Waals surface area contributed by atoms with Gasteiger partial charge in [0.05, 0.1) is 17.0 Å². The number of pyridine rings is 1. The topological polar surface area (TPSA) is 96.0 Å². The van der Waals surface area contributed by atoms with E-state index in [2.05, 4.69) is 83.9 Å². The van der Waals surface area contributed by atoms with Crippen molar-refractivity contribution >= 4 is 5.82 Å². The summed E-state index contributed by atoms with van der Waals surface area (Å²) >= 11 is 0. The predicted molar refractivity (Wildman–Crippen MR) is 168 cm³/mol. The van der Waals surface area contributed by atoms with Gasteiger partial charge in [0.2, 0.25) is 5.82 Å². The molecule has 2 aromatic carbocycles. The number of fused-ring (bicyclic) bond motifs is 3. The van der Waals surface area contributed by atoms with Crippen LogP contribution in [0, 0.1) is 11.3 Å². The van der Waals surface area contributed by atoms with Crippen LogP contribution < -0.4 is 9.64 Å². The zero-order chi connectivity index (χ0) is 29.5. The fourth-order valence-corrected chi connectivity index (χ4v) is 6.64. The maximum absolute atomic E-state index is 9.29. The fraction of sp³-hybridized carbons (Fsp3) is 0.286. The Hall–Kier alpha value is -5.07. The summed E-state index contributed by atoms with van der Waals surface area (Å²) in [5.41, 5.74) is 6.39. The van der Waals surface area contributed by atoms with Crippen LogP contribution in [-0.4, -0.2) is 54.6 Å². The molecule has 9 nitrogen and oxygen atoms in total. The third-order valence-electron chi connectivity index (χ3n) is 8.92. The molecular formula is C35H32N8O. The van der Waals surface area contributed by atoms with E-state index in [1.165, 1.54) is 18.4 Å². The molecule has 2 fully saturated rings. The van der Waals surface area contributed by atoms with Gasteiger partial charge >= 0.3 is 0 Å². The highest BCUT2D eigenvalue weighted by molar-refractivity contribution is 5.83. The van der Waals surface area contributed by atoms with Gasteiger partial charge in [0, 0.05) is 61.4 Å². The van der Waals surface area contributed by atoms with Gasteiger partial charge in [-0.05, 0) is 43.4 Å². The molecule has 9 heteroatoms. The quantitative estimate of drug-likeness (QED) is 0.234. The SMILES string of the molecule is N#Cc1nccc(N(C2CC2)C2CCN(Cc3ccc(-c4nc5n(c4-c4ccccc4)COc4ccncc4-5)cc3)CC2)n1. The molecule has 8 rings (SSSR count). The lowest BCUT2D eigenvalue weighted by atomic mass is 10.0. The van der Waals surface area contributed by atoms with E-state index in [9.17, 15) is 5.26 Å². The first kappa shape index (κ1) is 26.5. The van der Waals surface area contributed by atoms with Crippen LogP contribution in [0.15, 0.2) is 85.3 Å². The Bertz CT molecular complexity index is 1830. The summed E-state index contributed by atoms with van der Waals surface area (Å²) < 4.78 is 8.25. The Morgan fingerprint density at radius 3 is 2.43 bits per heavy atom. The van der Waals surface area contributed by atoms with Crippen LogP contribution in [0.2, 0.25) is 0 Å². The van der Waals surface area contributed by atoms with Gasteiger partial charge in [-0.15, -0.1) is 0 Å². The normalized spacial score (nSPS) is 16.4. The third-order valence-corrected chi connectivity index (χ3v) is 8.92. The number of anilines is 1. The second kappa shape index (κ2) is 11.2. The van der Waals surface area contributed by atoms with E-state index in [1.54, 1.807) is 12.4 Å². The predicted octanol–water partition coefficient (Wildman–Crippen LogP) is 5.92. The molecule has 218 valence electrons. The van der Waals surface area contributed by atoms with Gasteiger partial charge in [0.1, 0.15) is 23.5 Å². The molecule has 0 atom stereocenters. The van der Waals surface area contributed by atoms with E-state index in [-0.39, 0.29) is 5.82 Å². The Morgan fingerprint density at radius 1 is 0.864 bits per heavy atom. The minimum atomic E-state index is 0.246. The van der Waals surface area contributed by atoms with E-state index in [4.69, 9.17) is 9.72 Å². The summed E-state index contributed by atoms with van der Waals surface area (Å²) in [7, 11) is 0. The number of piperidine rings is 1. The van der Waals surface area contributed by atoms with Crippen LogP contribution in [-0.2, 0) is 13.3 Å². The Balaban J connectivity index is 1.00. The summed E-state index contributed by atoms with van der Waals surface area (Å²) in [6.45, 7) is 3.39. The molecule has 44 heavy (non-hydrogen) atoms. The maximum Gasteiger partial charge on any atom is 0.234 e. The van der Waals surface area contributed by atoms with E-state index < -0.39 is 0 Å². The molecule has 1 saturated heterocycles. The molecule has 0 amide bonds. The van der Waals surface area contributed by atoms with Gasteiger partial charge < -0.3 is 9.64 Å². The number of imidazole rings is 1. The molecule has 0 bridgehead atoms. The van der Waals surface area contributed by atoms with Crippen LogP contribution in [0.25, 0.3) is 33.9 Å². The number of benzene rings is 2. The van der Waals surface area contributed by atoms with Gasteiger partial charge in [-0.25, -0.2) is 15.0 Å². The molecule has 5 heterocycles. The molecule has 5 aromatic rings. The van der Waals surface area contributed by atoms with Crippen molar-refractivity contribution in [3.05, 3.63) is 96.7 Å². The Kier molecular flexibility index (Phi) is 6.76. The number of ether oxygens (including phenoxy) is 1. The molecular weight excluding hydrogens is 548 g/mol. The van der Waals surface area contributed by atoms with Crippen molar-refractivity contribution in [1.82, 2.24) is 29.4 Å². The first-order chi connectivity index (χ1) is 21.7. The van der Waals surface area contributed by atoms with Crippen molar-refractivity contribution < 1.29 is 4.74 Å². The zero-order valence-corrected chi connectivity index (χ0v) is 24.4. The van der Waals surface area contributed by atoms with Crippen LogP contribution in [0.4, 0.5) is 5.82 Å². The van der Waals surface area contributed by atoms with Crippen molar-refractivity contribution in [2.45, 2.75) is 51.0 Å². The lowest BCUT2D eigenvalue weighted by molar-refractivity contribution is 0.200. The Labute approximate surface area is 256 Å². The number of hydrogen-bond acceptors (Lipinski definition) is 8. The molecule has 3 aliphatic rings. The molecule has 0 N–H and O–H groups in total. The largest absolute Gasteiger partial charge is 0.472 e. The van der Waals surface area contributed by atoms with Crippen molar-refractivity contribution in [3.8, 4) is 45.7 Å². The minimum absolute atomic E-state index is 0.246. The summed E-state index contributed by atoms with van der Waals surface area (Å²) in [5.74, 6) is 2.84. The van der Waals surface area contributed by atoms with Crippen LogP contribution in [0.5, 0.6) is 5.75 Å². The second-order valence-corrected chi connectivity index (χ2v) is 11.8. The highest BCUT2D eigenvalue weighted by Crippen LogP contribution is 2.41. The molecule has 0 spiro atoms. The van der Waals surface area contributed by atoms with Gasteiger partial charge in [0.15, 0.2) is 6.73 Å².